The number of hydrogen-bond donors (Lipinski definition) is 2. The van der Waals surface area contributed by atoms with E-state index in [4.69, 9.17) is 4.74 Å². The first kappa shape index (κ1) is 21.9. The zero-order valence-corrected chi connectivity index (χ0v) is 19.3. The van der Waals surface area contributed by atoms with Crippen molar-refractivity contribution < 1.29 is 23.9 Å². The van der Waals surface area contributed by atoms with E-state index in [2.05, 4.69) is 15.3 Å². The maximum atomic E-state index is 13.6. The third-order valence-corrected chi connectivity index (χ3v) is 7.83. The Bertz CT molecular complexity index is 1240. The van der Waals surface area contributed by atoms with E-state index in [1.807, 2.05) is 36.4 Å². The molecular formula is C27H27N4O4+. The van der Waals surface area contributed by atoms with E-state index >= 15 is 0 Å². The molecule has 1 atom stereocenters. The number of carbonyl (C=O) groups is 2. The van der Waals surface area contributed by atoms with Crippen molar-refractivity contribution in [2.45, 2.75) is 24.5 Å². The Balaban J connectivity index is 1.22. The van der Waals surface area contributed by atoms with E-state index < -0.39 is 11.6 Å². The Morgan fingerprint density at radius 1 is 1.03 bits per heavy atom. The number of aliphatic hydroxyl groups is 1. The van der Waals surface area contributed by atoms with E-state index in [9.17, 15) is 14.7 Å². The van der Waals surface area contributed by atoms with Crippen molar-refractivity contribution in [1.82, 2.24) is 9.97 Å². The average Bonchev–Trinajstić information content (AvgIpc) is 3.15. The van der Waals surface area contributed by atoms with Crippen molar-refractivity contribution in [2.24, 2.45) is 5.92 Å². The molecule has 0 spiro atoms. The standard InChI is InChI=1S/C27H26N4O4/c32-25(30-24-15-28-11-12-29-24)17-31-13-9-18(10-14-31)23(16-31)35-26(33)27(34)21-7-3-1-5-19(21)20-6-2-4-8-22(20)27/h1-8,11-12,15,18,23,34H,9-10,13-14,16-17H2/p+1/t18?,23-,31?/m0/s1. The van der Waals surface area contributed by atoms with E-state index in [-0.39, 0.29) is 24.5 Å². The molecule has 8 heteroatoms. The van der Waals surface area contributed by atoms with Crippen LogP contribution in [0.3, 0.4) is 0 Å². The van der Waals surface area contributed by atoms with E-state index in [1.165, 1.54) is 12.4 Å². The number of ether oxygens (including phenoxy) is 1. The molecule has 4 heterocycles. The lowest BCUT2D eigenvalue weighted by molar-refractivity contribution is -0.939. The largest absolute Gasteiger partial charge is 0.453 e. The molecule has 0 radical (unpaired) electrons. The van der Waals surface area contributed by atoms with E-state index in [0.717, 1.165) is 37.1 Å². The molecular weight excluding hydrogens is 444 g/mol. The lowest BCUT2D eigenvalue weighted by atomic mass is 9.82. The molecule has 3 saturated heterocycles. The minimum absolute atomic E-state index is 0.131. The first-order valence-electron chi connectivity index (χ1n) is 12.0. The maximum Gasteiger partial charge on any atom is 0.348 e. The molecule has 1 aromatic heterocycles. The van der Waals surface area contributed by atoms with Crippen LogP contribution in [-0.4, -0.2) is 63.7 Å². The van der Waals surface area contributed by atoms with Gasteiger partial charge in [-0.25, -0.2) is 9.78 Å². The van der Waals surface area contributed by atoms with Crippen LogP contribution in [0.1, 0.15) is 24.0 Å². The second kappa shape index (κ2) is 8.25. The highest BCUT2D eigenvalue weighted by atomic mass is 16.6. The Morgan fingerprint density at radius 3 is 2.31 bits per heavy atom. The summed E-state index contributed by atoms with van der Waals surface area (Å²) in [6.07, 6.45) is 6.01. The summed E-state index contributed by atoms with van der Waals surface area (Å²) < 4.78 is 6.65. The molecule has 7 rings (SSSR count). The number of nitrogens with one attached hydrogen (secondary N) is 1. The van der Waals surface area contributed by atoms with Gasteiger partial charge in [-0.1, -0.05) is 48.5 Å². The van der Waals surface area contributed by atoms with Crippen LogP contribution in [0.5, 0.6) is 0 Å². The van der Waals surface area contributed by atoms with Crippen LogP contribution in [0.25, 0.3) is 11.1 Å². The number of hydrogen-bond acceptors (Lipinski definition) is 6. The Labute approximate surface area is 203 Å². The molecule has 35 heavy (non-hydrogen) atoms. The van der Waals surface area contributed by atoms with Crippen LogP contribution in [0.2, 0.25) is 0 Å². The summed E-state index contributed by atoms with van der Waals surface area (Å²) in [5.74, 6) is -0.118. The van der Waals surface area contributed by atoms with Crippen molar-refractivity contribution in [3.63, 3.8) is 0 Å². The molecule has 2 N–H and O–H groups in total. The summed E-state index contributed by atoms with van der Waals surface area (Å²) in [5.41, 5.74) is 0.966. The van der Waals surface area contributed by atoms with Gasteiger partial charge in [0.05, 0.1) is 19.3 Å². The summed E-state index contributed by atoms with van der Waals surface area (Å²) in [6.45, 7) is 2.57. The summed E-state index contributed by atoms with van der Waals surface area (Å²) in [5, 5.41) is 14.6. The molecule has 4 aliphatic rings. The predicted octanol–water partition coefficient (Wildman–Crippen LogP) is 2.48. The van der Waals surface area contributed by atoms with Crippen LogP contribution < -0.4 is 5.32 Å². The first-order valence-corrected chi connectivity index (χ1v) is 12.0. The fourth-order valence-corrected chi connectivity index (χ4v) is 6.08. The minimum atomic E-state index is -1.84. The molecule has 1 aliphatic carbocycles. The summed E-state index contributed by atoms with van der Waals surface area (Å²) in [7, 11) is 0. The fourth-order valence-electron chi connectivity index (χ4n) is 6.08. The van der Waals surface area contributed by atoms with Gasteiger partial charge in [-0.3, -0.25) is 9.78 Å². The van der Waals surface area contributed by atoms with Gasteiger partial charge >= 0.3 is 5.97 Å². The van der Waals surface area contributed by atoms with Gasteiger partial charge in [0.25, 0.3) is 5.91 Å². The van der Waals surface area contributed by atoms with Crippen LogP contribution in [0.15, 0.2) is 67.1 Å². The molecule has 3 fully saturated rings. The Morgan fingerprint density at radius 2 is 1.69 bits per heavy atom. The number of anilines is 1. The third kappa shape index (κ3) is 3.61. The highest BCUT2D eigenvalue weighted by Crippen LogP contribution is 2.48. The van der Waals surface area contributed by atoms with Crippen LogP contribution in [0.4, 0.5) is 5.82 Å². The molecule has 1 amide bonds. The number of nitrogens with zero attached hydrogens (tertiary/aromatic N) is 3. The number of carbonyl (C=O) groups excluding carboxylic acids is 2. The number of esters is 1. The number of fused-ring (bicyclic) bond motifs is 6. The lowest BCUT2D eigenvalue weighted by Gasteiger charge is -2.51. The average molecular weight is 472 g/mol. The Kier molecular flexibility index (Phi) is 5.16. The number of benzene rings is 2. The smallest absolute Gasteiger partial charge is 0.348 e. The molecule has 0 saturated carbocycles. The second-order valence-electron chi connectivity index (χ2n) is 9.85. The predicted molar refractivity (Wildman–Crippen MR) is 128 cm³/mol. The third-order valence-electron chi connectivity index (χ3n) is 7.83. The molecule has 2 bridgehead atoms. The summed E-state index contributed by atoms with van der Waals surface area (Å²) in [4.78, 5) is 34.5. The number of rotatable bonds is 5. The number of piperidine rings is 3. The molecule has 2 aromatic carbocycles. The van der Waals surface area contributed by atoms with Gasteiger partial charge in [-0.15, -0.1) is 0 Å². The highest BCUT2D eigenvalue weighted by Gasteiger charge is 2.53. The number of quaternary nitrogens is 1. The SMILES string of the molecule is O=C(C[N+]12CCC(CC1)[C@@H](OC(=O)C1(O)c3ccccc3-c3ccccc31)C2)Nc1cnccn1. The molecule has 3 aromatic rings. The van der Waals surface area contributed by atoms with E-state index in [0.29, 0.717) is 28.0 Å². The van der Waals surface area contributed by atoms with E-state index in [1.54, 1.807) is 18.3 Å². The van der Waals surface area contributed by atoms with Crippen molar-refractivity contribution >= 4 is 17.7 Å². The highest BCUT2D eigenvalue weighted by molar-refractivity contribution is 5.96. The first-order chi connectivity index (χ1) is 17.0. The van der Waals surface area contributed by atoms with Crippen molar-refractivity contribution in [2.75, 3.05) is 31.5 Å². The second-order valence-corrected chi connectivity index (χ2v) is 9.85. The number of amides is 1. The van der Waals surface area contributed by atoms with Crippen LogP contribution in [0, 0.1) is 5.92 Å². The molecule has 8 nitrogen and oxygen atoms in total. The van der Waals surface area contributed by atoms with Gasteiger partial charge < -0.3 is 19.6 Å². The molecule has 3 aliphatic heterocycles. The molecule has 0 unspecified atom stereocenters. The maximum absolute atomic E-state index is 13.6. The van der Waals surface area contributed by atoms with Crippen molar-refractivity contribution in [3.8, 4) is 11.1 Å². The number of aromatic nitrogens is 2. The monoisotopic (exact) mass is 471 g/mol. The van der Waals surface area contributed by atoms with Gasteiger partial charge in [-0.05, 0) is 11.1 Å². The van der Waals surface area contributed by atoms with Gasteiger partial charge in [0.1, 0.15) is 6.54 Å². The van der Waals surface area contributed by atoms with Gasteiger partial charge in [0.15, 0.2) is 18.5 Å². The van der Waals surface area contributed by atoms with Gasteiger partial charge in [0, 0.05) is 42.3 Å². The van der Waals surface area contributed by atoms with Gasteiger partial charge in [0.2, 0.25) is 5.60 Å². The topological polar surface area (TPSA) is 101 Å². The van der Waals surface area contributed by atoms with Gasteiger partial charge in [-0.2, -0.15) is 0 Å². The Hall–Kier alpha value is -3.62. The van der Waals surface area contributed by atoms with Crippen molar-refractivity contribution in [3.05, 3.63) is 78.2 Å². The zero-order chi connectivity index (χ0) is 24.0. The van der Waals surface area contributed by atoms with Crippen LogP contribution in [-0.2, 0) is 19.9 Å². The zero-order valence-electron chi connectivity index (χ0n) is 19.3. The lowest BCUT2D eigenvalue weighted by Crippen LogP contribution is -2.66. The minimum Gasteiger partial charge on any atom is -0.453 e. The van der Waals surface area contributed by atoms with Crippen molar-refractivity contribution in [1.29, 1.82) is 0 Å². The quantitative estimate of drug-likeness (QED) is 0.438. The summed E-state index contributed by atoms with van der Waals surface area (Å²) in [6, 6.07) is 14.9. The normalized spacial score (nSPS) is 25.4. The fraction of sp³-hybridized carbons (Fsp3) is 0.333. The molecule has 178 valence electrons. The van der Waals surface area contributed by atoms with Crippen LogP contribution >= 0.6 is 0 Å². The summed E-state index contributed by atoms with van der Waals surface area (Å²) >= 11 is 0.